The molecule has 0 aromatic carbocycles. The summed E-state index contributed by atoms with van der Waals surface area (Å²) in [6.45, 7) is 0. The summed E-state index contributed by atoms with van der Waals surface area (Å²) in [5, 5.41) is 0. The molecule has 0 N–H and O–H groups in total. The van der Waals surface area contributed by atoms with Crippen LogP contribution in [0, 0.1) is 43.8 Å². The smallest absolute Gasteiger partial charge is 0.0851 e. The van der Waals surface area contributed by atoms with E-state index < -0.39 is 0 Å². The molecule has 9 rings (SSSR count). The van der Waals surface area contributed by atoms with Gasteiger partial charge in [0.05, 0.1) is 0 Å². The van der Waals surface area contributed by atoms with Crippen LogP contribution in [0.2, 0.25) is 6.32 Å². The van der Waals surface area contributed by atoms with Crippen LogP contribution < -0.4 is 0 Å². The van der Waals surface area contributed by atoms with Crippen molar-refractivity contribution in [3.63, 3.8) is 0 Å². The van der Waals surface area contributed by atoms with Gasteiger partial charge in [0.2, 0.25) is 0 Å². The standard InChI is InChI=1S/C14H9B/c15-3-1-2-5-7-9(5)11(7)13(9)12-8-4-6(8)10(8,12)14(11,12)13/h2,4,7H,1,3,15H2/b5-2-. The van der Waals surface area contributed by atoms with Gasteiger partial charge in [-0.3, -0.25) is 0 Å². The molecule has 8 saturated carbocycles. The van der Waals surface area contributed by atoms with Gasteiger partial charge in [-0.25, -0.2) is 0 Å². The highest BCUT2D eigenvalue weighted by Gasteiger charge is 3.69. The maximum Gasteiger partial charge on any atom is 0.101 e. The molecular formula is C14H9B. The molecular weight excluding hydrogens is 179 g/mol. The molecule has 8 unspecified atom stereocenters. The number of allylic oxidation sites excluding steroid dienone is 4. The Hall–Kier alpha value is -0.455. The second-order valence-corrected chi connectivity index (χ2v) is 7.86. The monoisotopic (exact) mass is 188 g/mol. The van der Waals surface area contributed by atoms with Crippen LogP contribution in [0.5, 0.6) is 0 Å². The molecule has 0 aromatic rings. The van der Waals surface area contributed by atoms with Crippen molar-refractivity contribution in [1.82, 2.24) is 0 Å². The minimum Gasteiger partial charge on any atom is -0.0851 e. The third-order valence-corrected chi connectivity index (χ3v) is 9.24. The number of hydrogen-bond acceptors (Lipinski definition) is 0. The van der Waals surface area contributed by atoms with Gasteiger partial charge >= 0.3 is 0 Å². The number of rotatable bonds is 2. The number of hydrogen-bond donors (Lipinski definition) is 0. The van der Waals surface area contributed by atoms with Crippen LogP contribution in [0.1, 0.15) is 6.42 Å². The van der Waals surface area contributed by atoms with E-state index >= 15 is 0 Å². The van der Waals surface area contributed by atoms with E-state index in [9.17, 15) is 0 Å². The Morgan fingerprint density at radius 2 is 2.27 bits per heavy atom. The van der Waals surface area contributed by atoms with Gasteiger partial charge in [-0.1, -0.05) is 29.6 Å². The molecule has 9 aliphatic carbocycles. The molecule has 0 amide bonds. The minimum absolute atomic E-state index is 0.899. The molecule has 0 bridgehead atoms. The highest BCUT2D eigenvalue weighted by molar-refractivity contribution is 6.24. The van der Waals surface area contributed by atoms with Gasteiger partial charge in [0.25, 0.3) is 0 Å². The summed E-state index contributed by atoms with van der Waals surface area (Å²) >= 11 is 0. The fourth-order valence-electron chi connectivity index (χ4n) is 9.88. The van der Waals surface area contributed by atoms with Crippen molar-refractivity contribution in [3.8, 4) is 0 Å². The predicted octanol–water partition coefficient (Wildman–Crippen LogP) is 0.924. The lowest BCUT2D eigenvalue weighted by atomic mass is 9.93. The van der Waals surface area contributed by atoms with Crippen molar-refractivity contribution in [3.05, 3.63) is 23.3 Å². The maximum absolute atomic E-state index is 2.63. The molecule has 7 spiro atoms. The highest BCUT2D eigenvalue weighted by Crippen LogP contribution is 3.70. The third kappa shape index (κ3) is 0.118. The Morgan fingerprint density at radius 3 is 3.00 bits per heavy atom. The molecule has 0 aromatic heterocycles. The average molecular weight is 188 g/mol. The summed E-state index contributed by atoms with van der Waals surface area (Å²) in [7, 11) is 2.31. The van der Waals surface area contributed by atoms with E-state index in [1.807, 2.05) is 11.1 Å². The summed E-state index contributed by atoms with van der Waals surface area (Å²) in [6.07, 6.45) is 7.97. The molecule has 0 aliphatic heterocycles. The SMILES string of the molecule is BCC/C=C1/C2C13C21C32C34C56C=C5C63C142. The van der Waals surface area contributed by atoms with Gasteiger partial charge in [-0.05, 0) is 12.3 Å². The van der Waals surface area contributed by atoms with Crippen LogP contribution in [-0.4, -0.2) is 7.85 Å². The van der Waals surface area contributed by atoms with Gasteiger partial charge < -0.3 is 0 Å². The summed E-state index contributed by atoms with van der Waals surface area (Å²) in [5.41, 5.74) is 11.0. The molecule has 15 heavy (non-hydrogen) atoms. The molecule has 8 fully saturated rings. The van der Waals surface area contributed by atoms with E-state index in [1.165, 1.54) is 18.7 Å². The van der Waals surface area contributed by atoms with Gasteiger partial charge in [0, 0.05) is 37.9 Å². The van der Waals surface area contributed by atoms with Crippen LogP contribution in [-0.2, 0) is 0 Å². The summed E-state index contributed by atoms with van der Waals surface area (Å²) in [6, 6.07) is 0. The molecule has 1 heteroatoms. The largest absolute Gasteiger partial charge is 0.101 e. The molecule has 9 aliphatic rings. The van der Waals surface area contributed by atoms with E-state index in [1.54, 1.807) is 0 Å². The van der Waals surface area contributed by atoms with Crippen molar-refractivity contribution < 1.29 is 0 Å². The topological polar surface area (TPSA) is 0 Å². The zero-order chi connectivity index (χ0) is 9.06. The molecule has 0 radical (unpaired) electrons. The van der Waals surface area contributed by atoms with E-state index in [2.05, 4.69) is 20.0 Å². The highest BCUT2D eigenvalue weighted by atomic mass is 15.7. The minimum atomic E-state index is 0.899. The normalized spacial score (nSPS) is 108. The van der Waals surface area contributed by atoms with Gasteiger partial charge in [-0.2, -0.15) is 0 Å². The lowest BCUT2D eigenvalue weighted by molar-refractivity contribution is 0.432. The van der Waals surface area contributed by atoms with Crippen molar-refractivity contribution in [2.45, 2.75) is 12.7 Å². The van der Waals surface area contributed by atoms with Gasteiger partial charge in [0.15, 0.2) is 0 Å². The van der Waals surface area contributed by atoms with Crippen LogP contribution in [0.3, 0.4) is 0 Å². The Balaban J connectivity index is 1.29. The molecule has 0 saturated heterocycles. The van der Waals surface area contributed by atoms with Gasteiger partial charge in [0.1, 0.15) is 7.85 Å². The molecule has 0 nitrogen and oxygen atoms in total. The van der Waals surface area contributed by atoms with Crippen LogP contribution in [0.15, 0.2) is 23.3 Å². The Morgan fingerprint density at radius 1 is 1.33 bits per heavy atom. The molecule has 68 valence electrons. The van der Waals surface area contributed by atoms with Crippen LogP contribution in [0.25, 0.3) is 0 Å². The lowest BCUT2D eigenvalue weighted by Crippen LogP contribution is -2.06. The van der Waals surface area contributed by atoms with Gasteiger partial charge in [-0.15, -0.1) is 0 Å². The maximum atomic E-state index is 2.63. The summed E-state index contributed by atoms with van der Waals surface area (Å²) in [4.78, 5) is 0. The van der Waals surface area contributed by atoms with E-state index in [0.29, 0.717) is 0 Å². The Bertz CT molecular complexity index is 746. The predicted molar refractivity (Wildman–Crippen MR) is 54.7 cm³/mol. The van der Waals surface area contributed by atoms with Crippen LogP contribution >= 0.6 is 0 Å². The lowest BCUT2D eigenvalue weighted by Gasteiger charge is -2.08. The van der Waals surface area contributed by atoms with Crippen molar-refractivity contribution >= 4 is 7.85 Å². The second-order valence-electron chi connectivity index (χ2n) is 7.86. The van der Waals surface area contributed by atoms with Crippen molar-refractivity contribution in [2.24, 2.45) is 43.8 Å². The summed E-state index contributed by atoms with van der Waals surface area (Å²) < 4.78 is 0. The quantitative estimate of drug-likeness (QED) is 0.446. The first kappa shape index (κ1) is 5.25. The first-order valence-electron chi connectivity index (χ1n) is 6.85. The van der Waals surface area contributed by atoms with E-state index in [4.69, 9.17) is 0 Å². The zero-order valence-electron chi connectivity index (χ0n) is 8.65. The van der Waals surface area contributed by atoms with Crippen molar-refractivity contribution in [1.29, 1.82) is 0 Å². The zero-order valence-corrected chi connectivity index (χ0v) is 8.65. The Labute approximate surface area is 88.2 Å². The van der Waals surface area contributed by atoms with Crippen molar-refractivity contribution in [2.75, 3.05) is 0 Å². The summed E-state index contributed by atoms with van der Waals surface area (Å²) in [5.74, 6) is 1.18. The van der Waals surface area contributed by atoms with E-state index in [0.717, 1.165) is 37.9 Å². The first-order valence-corrected chi connectivity index (χ1v) is 6.85. The second kappa shape index (κ2) is 0.716. The average Bonchev–Trinajstić information content (AvgIpc) is 2.99. The van der Waals surface area contributed by atoms with E-state index in [-0.39, 0.29) is 0 Å². The molecule has 8 atom stereocenters. The Kier molecular flexibility index (Phi) is 0.251. The first-order chi connectivity index (χ1) is 7.40. The molecule has 0 heterocycles. The third-order valence-electron chi connectivity index (χ3n) is 9.24. The van der Waals surface area contributed by atoms with Crippen LogP contribution in [0.4, 0.5) is 0 Å². The fraction of sp³-hybridized carbons (Fsp3) is 0.714. The fourth-order valence-corrected chi connectivity index (χ4v) is 9.88.